The number of carbonyl (C=O) groups is 2. The van der Waals surface area contributed by atoms with Crippen molar-refractivity contribution >= 4 is 11.9 Å². The van der Waals surface area contributed by atoms with Gasteiger partial charge in [-0.05, 0) is 32.1 Å². The van der Waals surface area contributed by atoms with Gasteiger partial charge in [0.25, 0.3) is 0 Å². The van der Waals surface area contributed by atoms with Gasteiger partial charge < -0.3 is 10.2 Å². The van der Waals surface area contributed by atoms with E-state index >= 15 is 0 Å². The molecule has 0 aromatic carbocycles. The second-order valence-electron chi connectivity index (χ2n) is 8.02. The average Bonchev–Trinajstić information content (AvgIpc) is 2.65. The lowest BCUT2D eigenvalue weighted by Crippen LogP contribution is -2.00. The summed E-state index contributed by atoms with van der Waals surface area (Å²) in [5, 5.41) is 17.9. The Balaban J connectivity index is 3.60. The van der Waals surface area contributed by atoms with Gasteiger partial charge in [-0.1, -0.05) is 96.5 Å². The van der Waals surface area contributed by atoms with Crippen molar-refractivity contribution in [3.05, 3.63) is 11.6 Å². The van der Waals surface area contributed by atoms with Crippen LogP contribution >= 0.6 is 0 Å². The minimum absolute atomic E-state index is 0.281. The second kappa shape index (κ2) is 20.4. The van der Waals surface area contributed by atoms with Crippen LogP contribution in [0.1, 0.15) is 129 Å². The molecular weight excluding hydrogens is 352 g/mol. The average molecular weight is 397 g/mol. The van der Waals surface area contributed by atoms with Crippen LogP contribution in [-0.4, -0.2) is 22.2 Å². The van der Waals surface area contributed by atoms with Gasteiger partial charge in [-0.3, -0.25) is 4.79 Å². The fourth-order valence-electron chi connectivity index (χ4n) is 3.50. The summed E-state index contributed by atoms with van der Waals surface area (Å²) in [6, 6.07) is 0. The van der Waals surface area contributed by atoms with Gasteiger partial charge in [-0.25, -0.2) is 4.79 Å². The topological polar surface area (TPSA) is 74.6 Å². The largest absolute Gasteiger partial charge is 0.481 e. The van der Waals surface area contributed by atoms with Crippen LogP contribution in [0.3, 0.4) is 0 Å². The molecule has 0 fully saturated rings. The molecule has 0 saturated carbocycles. The molecule has 2 N–H and O–H groups in total. The van der Waals surface area contributed by atoms with Gasteiger partial charge in [-0.15, -0.1) is 0 Å². The number of unbranched alkanes of at least 4 members (excludes halogenated alkanes) is 15. The standard InChI is InChI=1S/C24H44O4/c1-2-3-4-5-6-7-10-13-16-19-22(24(27)28)20-17-14-11-8-9-12-15-18-21-23(25)26/h19H,2-18,20-21H2,1H3,(H,25,26)(H,27,28). The molecule has 0 rings (SSSR count). The van der Waals surface area contributed by atoms with Crippen LogP contribution in [0.2, 0.25) is 0 Å². The van der Waals surface area contributed by atoms with Crippen LogP contribution in [0.25, 0.3) is 0 Å². The van der Waals surface area contributed by atoms with Gasteiger partial charge in [-0.2, -0.15) is 0 Å². The van der Waals surface area contributed by atoms with Crippen LogP contribution in [0.4, 0.5) is 0 Å². The lowest BCUT2D eigenvalue weighted by atomic mass is 10.0. The molecule has 0 amide bonds. The molecule has 0 aliphatic carbocycles. The summed E-state index contributed by atoms with van der Waals surface area (Å²) in [6.07, 6.45) is 22.4. The Morgan fingerprint density at radius 2 is 1.04 bits per heavy atom. The maximum atomic E-state index is 11.4. The van der Waals surface area contributed by atoms with Gasteiger partial charge >= 0.3 is 11.9 Å². The Morgan fingerprint density at radius 3 is 1.50 bits per heavy atom. The summed E-state index contributed by atoms with van der Waals surface area (Å²) < 4.78 is 0. The second-order valence-corrected chi connectivity index (χ2v) is 8.02. The number of rotatable bonds is 21. The molecule has 0 aromatic heterocycles. The predicted molar refractivity (Wildman–Crippen MR) is 117 cm³/mol. The van der Waals surface area contributed by atoms with Crippen LogP contribution in [0, 0.1) is 0 Å². The highest BCUT2D eigenvalue weighted by Gasteiger charge is 2.06. The number of aliphatic carboxylic acids is 2. The van der Waals surface area contributed by atoms with E-state index in [1.807, 2.05) is 6.08 Å². The fraction of sp³-hybridized carbons (Fsp3) is 0.833. The van der Waals surface area contributed by atoms with E-state index in [1.54, 1.807) is 0 Å². The van der Waals surface area contributed by atoms with Gasteiger partial charge in [0.1, 0.15) is 0 Å². The summed E-state index contributed by atoms with van der Waals surface area (Å²) >= 11 is 0. The SMILES string of the molecule is CCCCCCCCCCC=C(CCCCCCCCCCC(=O)O)C(=O)O. The molecular formula is C24H44O4. The fourth-order valence-corrected chi connectivity index (χ4v) is 3.50. The highest BCUT2D eigenvalue weighted by molar-refractivity contribution is 5.86. The third-order valence-electron chi connectivity index (χ3n) is 5.31. The van der Waals surface area contributed by atoms with E-state index in [2.05, 4.69) is 6.92 Å². The molecule has 0 atom stereocenters. The molecule has 0 heterocycles. The van der Waals surface area contributed by atoms with E-state index in [9.17, 15) is 14.7 Å². The Kier molecular flexibility index (Phi) is 19.5. The van der Waals surface area contributed by atoms with Crippen molar-refractivity contribution < 1.29 is 19.8 Å². The van der Waals surface area contributed by atoms with Crippen molar-refractivity contribution in [2.24, 2.45) is 0 Å². The lowest BCUT2D eigenvalue weighted by Gasteiger charge is -2.04. The minimum Gasteiger partial charge on any atom is -0.481 e. The van der Waals surface area contributed by atoms with Gasteiger partial charge in [0.15, 0.2) is 0 Å². The molecule has 0 aromatic rings. The summed E-state index contributed by atoms with van der Waals surface area (Å²) in [6.45, 7) is 2.24. The van der Waals surface area contributed by atoms with Gasteiger partial charge in [0.05, 0.1) is 0 Å². The van der Waals surface area contributed by atoms with Crippen LogP contribution < -0.4 is 0 Å². The van der Waals surface area contributed by atoms with E-state index in [0.717, 1.165) is 64.2 Å². The Bertz CT molecular complexity index is 415. The van der Waals surface area contributed by atoms with Crippen molar-refractivity contribution in [3.63, 3.8) is 0 Å². The molecule has 0 spiro atoms. The number of allylic oxidation sites excluding steroid dienone is 1. The smallest absolute Gasteiger partial charge is 0.331 e. The molecule has 0 aliphatic heterocycles. The lowest BCUT2D eigenvalue weighted by molar-refractivity contribution is -0.137. The first-order chi connectivity index (χ1) is 13.6. The molecule has 0 saturated heterocycles. The van der Waals surface area contributed by atoms with Gasteiger partial charge in [0, 0.05) is 12.0 Å². The van der Waals surface area contributed by atoms with Crippen LogP contribution in [0.5, 0.6) is 0 Å². The van der Waals surface area contributed by atoms with Crippen molar-refractivity contribution in [1.82, 2.24) is 0 Å². The van der Waals surface area contributed by atoms with E-state index in [0.29, 0.717) is 12.0 Å². The number of hydrogen-bond acceptors (Lipinski definition) is 2. The van der Waals surface area contributed by atoms with Gasteiger partial charge in [0.2, 0.25) is 0 Å². The van der Waals surface area contributed by atoms with E-state index < -0.39 is 11.9 Å². The predicted octanol–water partition coefficient (Wildman–Crippen LogP) is 7.51. The highest BCUT2D eigenvalue weighted by atomic mass is 16.4. The molecule has 0 unspecified atom stereocenters. The quantitative estimate of drug-likeness (QED) is 0.155. The summed E-state index contributed by atoms with van der Waals surface area (Å²) in [5.41, 5.74) is 0.594. The maximum Gasteiger partial charge on any atom is 0.331 e. The van der Waals surface area contributed by atoms with Crippen molar-refractivity contribution in [3.8, 4) is 0 Å². The molecule has 4 heteroatoms. The third kappa shape index (κ3) is 19.4. The first kappa shape index (κ1) is 26.7. The zero-order valence-corrected chi connectivity index (χ0v) is 18.2. The van der Waals surface area contributed by atoms with Crippen molar-refractivity contribution in [1.29, 1.82) is 0 Å². The molecule has 28 heavy (non-hydrogen) atoms. The molecule has 0 bridgehead atoms. The van der Waals surface area contributed by atoms with Crippen molar-refractivity contribution in [2.75, 3.05) is 0 Å². The molecule has 0 aliphatic rings. The molecule has 4 nitrogen and oxygen atoms in total. The minimum atomic E-state index is -0.752. The number of carboxylic acid groups (broad SMARTS) is 2. The first-order valence-corrected chi connectivity index (χ1v) is 11.7. The monoisotopic (exact) mass is 396 g/mol. The zero-order valence-electron chi connectivity index (χ0n) is 18.2. The third-order valence-corrected chi connectivity index (χ3v) is 5.31. The van der Waals surface area contributed by atoms with Crippen molar-refractivity contribution in [2.45, 2.75) is 129 Å². The van der Waals surface area contributed by atoms with E-state index in [1.165, 1.54) is 44.9 Å². The number of carboxylic acids is 2. The van der Waals surface area contributed by atoms with Crippen LogP contribution in [-0.2, 0) is 9.59 Å². The summed E-state index contributed by atoms with van der Waals surface area (Å²) in [5.74, 6) is -1.46. The Labute approximate surface area is 172 Å². The number of hydrogen-bond donors (Lipinski definition) is 2. The van der Waals surface area contributed by atoms with E-state index in [-0.39, 0.29) is 6.42 Å². The summed E-state index contributed by atoms with van der Waals surface area (Å²) in [4.78, 5) is 21.8. The maximum absolute atomic E-state index is 11.4. The van der Waals surface area contributed by atoms with Crippen LogP contribution in [0.15, 0.2) is 11.6 Å². The highest BCUT2D eigenvalue weighted by Crippen LogP contribution is 2.16. The Hall–Kier alpha value is -1.32. The zero-order chi connectivity index (χ0) is 20.9. The Morgan fingerprint density at radius 1 is 0.607 bits per heavy atom. The normalized spacial score (nSPS) is 11.7. The molecule has 0 radical (unpaired) electrons. The summed E-state index contributed by atoms with van der Waals surface area (Å²) in [7, 11) is 0. The van der Waals surface area contributed by atoms with E-state index in [4.69, 9.17) is 5.11 Å². The molecule has 164 valence electrons. The first-order valence-electron chi connectivity index (χ1n) is 11.7.